The molecule has 15 heavy (non-hydrogen) atoms. The van der Waals surface area contributed by atoms with Crippen LogP contribution in [-0.2, 0) is 6.18 Å². The lowest BCUT2D eigenvalue weighted by molar-refractivity contribution is -0.137. The lowest BCUT2D eigenvalue weighted by Gasteiger charge is -2.08. The summed E-state index contributed by atoms with van der Waals surface area (Å²) in [7, 11) is 0. The van der Waals surface area contributed by atoms with Crippen LogP contribution in [0.2, 0.25) is 5.02 Å². The van der Waals surface area contributed by atoms with Crippen molar-refractivity contribution < 1.29 is 13.2 Å². The Hall–Kier alpha value is -0.790. The van der Waals surface area contributed by atoms with Crippen LogP contribution in [0.5, 0.6) is 0 Å². The first-order chi connectivity index (χ1) is 6.93. The van der Waals surface area contributed by atoms with Crippen molar-refractivity contribution in [1.82, 2.24) is 0 Å². The lowest BCUT2D eigenvalue weighted by Crippen LogP contribution is -2.04. The van der Waals surface area contributed by atoms with E-state index in [9.17, 15) is 13.2 Å². The summed E-state index contributed by atoms with van der Waals surface area (Å²) in [4.78, 5) is 0.424. The van der Waals surface area contributed by atoms with Gasteiger partial charge in [-0.15, -0.1) is 18.2 Å². The van der Waals surface area contributed by atoms with E-state index in [1.165, 1.54) is 6.07 Å². The first-order valence-electron chi connectivity index (χ1n) is 3.87. The fourth-order valence-corrected chi connectivity index (χ4v) is 1.91. The van der Waals surface area contributed by atoms with Gasteiger partial charge in [-0.2, -0.15) is 13.2 Å². The SMILES string of the molecule is C#CCSc1cc(Cl)cc(C(F)(F)F)c1. The molecule has 5 heteroatoms. The highest BCUT2D eigenvalue weighted by Crippen LogP contribution is 2.34. The third-order valence-corrected chi connectivity index (χ3v) is 2.62. The molecule has 0 N–H and O–H groups in total. The molecule has 0 fully saturated rings. The molecule has 0 aromatic heterocycles. The number of halogens is 4. The maximum Gasteiger partial charge on any atom is 0.416 e. The molecule has 0 saturated heterocycles. The standard InChI is InChI=1S/C10H6ClF3S/c1-2-3-15-9-5-7(10(12,13)14)4-8(11)6-9/h1,4-6H,3H2. The van der Waals surface area contributed by atoms with Crippen molar-refractivity contribution in [3.8, 4) is 12.3 Å². The molecule has 1 aromatic rings. The fraction of sp³-hybridized carbons (Fsp3) is 0.200. The zero-order valence-electron chi connectivity index (χ0n) is 7.44. The van der Waals surface area contributed by atoms with Crippen molar-refractivity contribution in [2.75, 3.05) is 5.75 Å². The Balaban J connectivity index is 3.01. The summed E-state index contributed by atoms with van der Waals surface area (Å²) in [5.41, 5.74) is -0.755. The summed E-state index contributed by atoms with van der Waals surface area (Å²) in [6.45, 7) is 0. The molecule has 0 spiro atoms. The summed E-state index contributed by atoms with van der Waals surface area (Å²) < 4.78 is 37.1. The van der Waals surface area contributed by atoms with Crippen molar-refractivity contribution >= 4 is 23.4 Å². The Morgan fingerprint density at radius 2 is 2.00 bits per heavy atom. The van der Waals surface area contributed by atoms with Crippen LogP contribution < -0.4 is 0 Å². The Bertz CT molecular complexity index is 393. The second-order valence-electron chi connectivity index (χ2n) is 2.67. The molecular formula is C10H6ClF3S. The van der Waals surface area contributed by atoms with Crippen LogP contribution in [0.1, 0.15) is 5.56 Å². The summed E-state index contributed by atoms with van der Waals surface area (Å²) in [5, 5.41) is 0.0596. The van der Waals surface area contributed by atoms with E-state index in [1.54, 1.807) is 0 Å². The second-order valence-corrected chi connectivity index (χ2v) is 4.15. The van der Waals surface area contributed by atoms with Gasteiger partial charge in [-0.1, -0.05) is 17.5 Å². The average molecular weight is 251 g/mol. The molecule has 0 aliphatic carbocycles. The molecule has 0 atom stereocenters. The van der Waals surface area contributed by atoms with Crippen LogP contribution in [0, 0.1) is 12.3 Å². The second kappa shape index (κ2) is 4.82. The summed E-state index contributed by atoms with van der Waals surface area (Å²) >= 11 is 6.71. The number of hydrogen-bond donors (Lipinski definition) is 0. The third kappa shape index (κ3) is 3.69. The first kappa shape index (κ1) is 12.3. The molecule has 0 heterocycles. The Morgan fingerprint density at radius 1 is 1.33 bits per heavy atom. The molecule has 0 saturated carbocycles. The summed E-state index contributed by atoms with van der Waals surface area (Å²) in [5.74, 6) is 2.65. The molecule has 1 rings (SSSR count). The molecule has 0 unspecified atom stereocenters. The summed E-state index contributed by atoms with van der Waals surface area (Å²) in [6, 6.07) is 3.38. The van der Waals surface area contributed by atoms with E-state index >= 15 is 0 Å². The average Bonchev–Trinajstić information content (AvgIpc) is 2.12. The quantitative estimate of drug-likeness (QED) is 0.563. The van der Waals surface area contributed by atoms with Gasteiger partial charge < -0.3 is 0 Å². The monoisotopic (exact) mass is 250 g/mol. The first-order valence-corrected chi connectivity index (χ1v) is 5.24. The van der Waals surface area contributed by atoms with Gasteiger partial charge >= 0.3 is 6.18 Å². The number of benzene rings is 1. The Morgan fingerprint density at radius 3 is 2.53 bits per heavy atom. The van der Waals surface area contributed by atoms with E-state index in [-0.39, 0.29) is 5.02 Å². The maximum atomic E-state index is 12.4. The van der Waals surface area contributed by atoms with Gasteiger partial charge in [0.1, 0.15) is 0 Å². The van der Waals surface area contributed by atoms with Gasteiger partial charge in [0, 0.05) is 9.92 Å². The number of alkyl halides is 3. The highest BCUT2D eigenvalue weighted by Gasteiger charge is 2.31. The number of terminal acetylenes is 1. The van der Waals surface area contributed by atoms with Gasteiger partial charge in [0.15, 0.2) is 0 Å². The van der Waals surface area contributed by atoms with Gasteiger partial charge in [-0.3, -0.25) is 0 Å². The number of thioether (sulfide) groups is 1. The molecule has 0 aliphatic rings. The van der Waals surface area contributed by atoms with Crippen molar-refractivity contribution in [2.24, 2.45) is 0 Å². The minimum absolute atomic E-state index is 0.0596. The topological polar surface area (TPSA) is 0 Å². The van der Waals surface area contributed by atoms with Crippen molar-refractivity contribution in [2.45, 2.75) is 11.1 Å². The molecular weight excluding hydrogens is 245 g/mol. The molecule has 0 amide bonds. The maximum absolute atomic E-state index is 12.4. The lowest BCUT2D eigenvalue weighted by atomic mass is 10.2. The Kier molecular flexibility index (Phi) is 3.95. The van der Waals surface area contributed by atoms with E-state index in [4.69, 9.17) is 18.0 Å². The van der Waals surface area contributed by atoms with Gasteiger partial charge in [-0.05, 0) is 18.2 Å². The van der Waals surface area contributed by atoms with E-state index in [1.807, 2.05) is 0 Å². The van der Waals surface area contributed by atoms with Crippen LogP contribution in [0.15, 0.2) is 23.1 Å². The smallest absolute Gasteiger partial charge is 0.166 e. The highest BCUT2D eigenvalue weighted by molar-refractivity contribution is 7.99. The predicted molar refractivity (Wildman–Crippen MR) is 56.0 cm³/mol. The molecule has 0 radical (unpaired) electrons. The van der Waals surface area contributed by atoms with E-state index < -0.39 is 11.7 Å². The van der Waals surface area contributed by atoms with Gasteiger partial charge in [0.25, 0.3) is 0 Å². The largest absolute Gasteiger partial charge is 0.416 e. The zero-order chi connectivity index (χ0) is 11.5. The molecule has 0 bridgehead atoms. The van der Waals surface area contributed by atoms with Crippen LogP contribution >= 0.6 is 23.4 Å². The van der Waals surface area contributed by atoms with Crippen LogP contribution in [0.25, 0.3) is 0 Å². The van der Waals surface area contributed by atoms with E-state index in [0.29, 0.717) is 10.6 Å². The minimum Gasteiger partial charge on any atom is -0.166 e. The van der Waals surface area contributed by atoms with Gasteiger partial charge in [0.2, 0.25) is 0 Å². The normalized spacial score (nSPS) is 11.1. The van der Waals surface area contributed by atoms with E-state index in [2.05, 4.69) is 5.92 Å². The van der Waals surface area contributed by atoms with E-state index in [0.717, 1.165) is 23.9 Å². The van der Waals surface area contributed by atoms with Crippen LogP contribution in [-0.4, -0.2) is 5.75 Å². The summed E-state index contributed by atoms with van der Waals surface area (Å²) in [6.07, 6.45) is 0.634. The molecule has 80 valence electrons. The fourth-order valence-electron chi connectivity index (χ4n) is 0.935. The van der Waals surface area contributed by atoms with Crippen molar-refractivity contribution in [1.29, 1.82) is 0 Å². The minimum atomic E-state index is -4.38. The molecule has 1 aromatic carbocycles. The van der Waals surface area contributed by atoms with Gasteiger partial charge in [-0.25, -0.2) is 0 Å². The zero-order valence-corrected chi connectivity index (χ0v) is 9.01. The number of rotatable bonds is 2. The van der Waals surface area contributed by atoms with Crippen LogP contribution in [0.4, 0.5) is 13.2 Å². The van der Waals surface area contributed by atoms with Crippen molar-refractivity contribution in [3.05, 3.63) is 28.8 Å². The van der Waals surface area contributed by atoms with Gasteiger partial charge in [0.05, 0.1) is 11.3 Å². The predicted octanol–water partition coefficient (Wildman–Crippen LogP) is 4.08. The van der Waals surface area contributed by atoms with Crippen LogP contribution in [0.3, 0.4) is 0 Å². The molecule has 0 nitrogen and oxygen atoms in total. The number of hydrogen-bond acceptors (Lipinski definition) is 1. The Labute approximate surface area is 94.8 Å². The highest BCUT2D eigenvalue weighted by atomic mass is 35.5. The third-order valence-electron chi connectivity index (χ3n) is 1.52. The van der Waals surface area contributed by atoms with Crippen molar-refractivity contribution in [3.63, 3.8) is 0 Å². The molecule has 0 aliphatic heterocycles.